The van der Waals surface area contributed by atoms with E-state index < -0.39 is 0 Å². The summed E-state index contributed by atoms with van der Waals surface area (Å²) in [5, 5.41) is 7.60. The summed E-state index contributed by atoms with van der Waals surface area (Å²) in [6.07, 6.45) is 4.15. The molecule has 3 heteroatoms. The third kappa shape index (κ3) is 5.78. The lowest BCUT2D eigenvalue weighted by Crippen LogP contribution is -2.31. The third-order valence-electron chi connectivity index (χ3n) is 10.8. The van der Waals surface area contributed by atoms with Crippen molar-refractivity contribution in [2.24, 2.45) is 5.73 Å². The Bertz CT molecular complexity index is 2560. The Balaban J connectivity index is 1.07. The Hall–Kier alpha value is -5.58. The molecule has 0 bridgehead atoms. The van der Waals surface area contributed by atoms with Gasteiger partial charge in [0.05, 0.1) is 12.2 Å². The molecular weight excluding hydrogens is 649 g/mol. The normalized spacial score (nSPS) is 14.4. The van der Waals surface area contributed by atoms with Gasteiger partial charge in [-0.15, -0.1) is 11.3 Å². The van der Waals surface area contributed by atoms with Crippen LogP contribution in [0.3, 0.4) is 0 Å². The van der Waals surface area contributed by atoms with E-state index in [1.54, 1.807) is 0 Å². The number of hydrogen-bond acceptors (Lipinski definition) is 3. The number of hydrogen-bond donors (Lipinski definition) is 2. The molecule has 2 unspecified atom stereocenters. The van der Waals surface area contributed by atoms with Crippen LogP contribution in [-0.2, 0) is 5.41 Å². The van der Waals surface area contributed by atoms with Crippen molar-refractivity contribution in [3.63, 3.8) is 0 Å². The van der Waals surface area contributed by atoms with E-state index in [-0.39, 0.29) is 17.6 Å². The Labute approximate surface area is 309 Å². The average Bonchev–Trinajstić information content (AvgIpc) is 3.72. The van der Waals surface area contributed by atoms with Gasteiger partial charge in [-0.3, -0.25) is 5.32 Å². The first-order chi connectivity index (χ1) is 25.4. The van der Waals surface area contributed by atoms with Crippen molar-refractivity contribution in [2.45, 2.75) is 31.5 Å². The van der Waals surface area contributed by atoms with Crippen molar-refractivity contribution in [2.75, 3.05) is 0 Å². The zero-order valence-corrected chi connectivity index (χ0v) is 30.2. The van der Waals surface area contributed by atoms with Crippen molar-refractivity contribution in [3.8, 4) is 32.7 Å². The molecule has 2 atom stereocenters. The van der Waals surface area contributed by atoms with Gasteiger partial charge in [0.1, 0.15) is 0 Å². The average molecular weight is 689 g/mol. The van der Waals surface area contributed by atoms with Gasteiger partial charge in [0.15, 0.2) is 0 Å². The van der Waals surface area contributed by atoms with Crippen LogP contribution in [0.15, 0.2) is 170 Å². The number of rotatable bonds is 8. The monoisotopic (exact) mass is 688 g/mol. The van der Waals surface area contributed by atoms with E-state index in [9.17, 15) is 0 Å². The van der Waals surface area contributed by atoms with Gasteiger partial charge in [-0.2, -0.15) is 0 Å². The molecule has 0 spiro atoms. The second-order valence-electron chi connectivity index (χ2n) is 14.3. The Kier molecular flexibility index (Phi) is 8.20. The van der Waals surface area contributed by atoms with Gasteiger partial charge in [-0.05, 0) is 96.1 Å². The molecule has 2 nitrogen and oxygen atoms in total. The number of thiophene rings is 1. The van der Waals surface area contributed by atoms with Crippen molar-refractivity contribution in [1.82, 2.24) is 5.32 Å². The summed E-state index contributed by atoms with van der Waals surface area (Å²) in [6.45, 7) is 4.72. The summed E-state index contributed by atoms with van der Waals surface area (Å²) >= 11 is 1.83. The molecule has 0 aliphatic heterocycles. The number of benzene rings is 7. The fourth-order valence-corrected chi connectivity index (χ4v) is 9.11. The van der Waals surface area contributed by atoms with E-state index >= 15 is 0 Å². The van der Waals surface area contributed by atoms with E-state index in [4.69, 9.17) is 5.73 Å². The molecule has 7 aromatic carbocycles. The highest BCUT2D eigenvalue weighted by Gasteiger charge is 2.37. The van der Waals surface area contributed by atoms with Gasteiger partial charge in [0.25, 0.3) is 0 Å². The van der Waals surface area contributed by atoms with Crippen LogP contribution in [0.25, 0.3) is 59.6 Å². The Morgan fingerprint density at radius 2 is 1.27 bits per heavy atom. The summed E-state index contributed by atoms with van der Waals surface area (Å²) in [7, 11) is 0. The molecule has 0 saturated heterocycles. The largest absolute Gasteiger partial charge is 0.312 e. The summed E-state index contributed by atoms with van der Waals surface area (Å²) < 4.78 is 1.29. The van der Waals surface area contributed by atoms with Crippen LogP contribution in [0.4, 0.5) is 0 Å². The molecule has 0 saturated carbocycles. The fourth-order valence-electron chi connectivity index (χ4n) is 8.00. The first kappa shape index (κ1) is 32.3. The maximum absolute atomic E-state index is 6.82. The van der Waals surface area contributed by atoms with Gasteiger partial charge in [0.2, 0.25) is 0 Å². The van der Waals surface area contributed by atoms with E-state index in [0.717, 1.165) is 11.1 Å². The van der Waals surface area contributed by atoms with Gasteiger partial charge in [-0.1, -0.05) is 166 Å². The van der Waals surface area contributed by atoms with Crippen molar-refractivity contribution in [3.05, 3.63) is 198 Å². The van der Waals surface area contributed by atoms with Crippen LogP contribution in [0.1, 0.15) is 53.9 Å². The molecule has 9 rings (SSSR count). The summed E-state index contributed by atoms with van der Waals surface area (Å²) in [5.74, 6) is 0. The Morgan fingerprint density at radius 1 is 0.596 bits per heavy atom. The maximum Gasteiger partial charge on any atom is 0.0817 e. The SMILES string of the molecule is CC1(C)c2cc3ccccc3cc2-c2c(-c3ccc(/C=C/C(NC(N)c4ccccc4)c4ccccc4-c4cc5ccccc5s4)cc3)cccc21. The highest BCUT2D eigenvalue weighted by atomic mass is 32.1. The van der Waals surface area contributed by atoms with Crippen molar-refractivity contribution >= 4 is 38.3 Å². The van der Waals surface area contributed by atoms with Crippen LogP contribution in [0, 0.1) is 0 Å². The molecular formula is C49H40N2S. The zero-order chi connectivity index (χ0) is 35.2. The van der Waals surface area contributed by atoms with E-state index in [1.807, 2.05) is 29.5 Å². The Morgan fingerprint density at radius 3 is 2.06 bits per heavy atom. The van der Waals surface area contributed by atoms with E-state index in [2.05, 4.69) is 177 Å². The summed E-state index contributed by atoms with van der Waals surface area (Å²) in [4.78, 5) is 1.25. The lowest BCUT2D eigenvalue weighted by Gasteiger charge is -2.23. The van der Waals surface area contributed by atoms with Gasteiger partial charge in [-0.25, -0.2) is 0 Å². The molecule has 1 aromatic heterocycles. The molecule has 1 aliphatic rings. The molecule has 8 aromatic rings. The number of nitrogens with one attached hydrogen (secondary N) is 1. The predicted molar refractivity (Wildman–Crippen MR) is 222 cm³/mol. The molecule has 3 N–H and O–H groups in total. The molecule has 52 heavy (non-hydrogen) atoms. The van der Waals surface area contributed by atoms with E-state index in [1.165, 1.54) is 70.2 Å². The second kappa shape index (κ2) is 13.2. The molecule has 1 aliphatic carbocycles. The highest BCUT2D eigenvalue weighted by Crippen LogP contribution is 2.53. The van der Waals surface area contributed by atoms with Gasteiger partial charge < -0.3 is 5.73 Å². The zero-order valence-electron chi connectivity index (χ0n) is 29.4. The topological polar surface area (TPSA) is 38.0 Å². The lowest BCUT2D eigenvalue weighted by molar-refractivity contribution is 0.510. The molecule has 0 fully saturated rings. The fraction of sp³-hybridized carbons (Fsp3) is 0.102. The minimum absolute atomic E-state index is 0.0673. The van der Waals surface area contributed by atoms with Gasteiger partial charge in [0, 0.05) is 15.0 Å². The standard InChI is InChI=1S/C49H40N2S/c1-49(2)42-21-12-20-38(47(42)41-29-35-15-6-7-16-36(35)30-43(41)49)33-26-23-32(24-27-33)25-28-44(51-48(50)34-13-4-3-5-14-34)39-18-9-10-19-40(39)46-31-37-17-8-11-22-45(37)52-46/h3-31,44,48,51H,50H2,1-2H3/b28-25+. The molecule has 0 amide bonds. The van der Waals surface area contributed by atoms with Crippen molar-refractivity contribution in [1.29, 1.82) is 0 Å². The highest BCUT2D eigenvalue weighted by molar-refractivity contribution is 7.22. The van der Waals surface area contributed by atoms with Crippen LogP contribution >= 0.6 is 11.3 Å². The lowest BCUT2D eigenvalue weighted by atomic mass is 9.81. The molecule has 1 heterocycles. The second-order valence-corrected chi connectivity index (χ2v) is 15.4. The third-order valence-corrected chi connectivity index (χ3v) is 11.9. The predicted octanol–water partition coefficient (Wildman–Crippen LogP) is 12.7. The minimum atomic E-state index is -0.335. The van der Waals surface area contributed by atoms with E-state index in [0.29, 0.717) is 0 Å². The number of nitrogens with two attached hydrogens (primary N) is 1. The summed E-state index contributed by atoms with van der Waals surface area (Å²) in [5.41, 5.74) is 19.4. The van der Waals surface area contributed by atoms with Gasteiger partial charge >= 0.3 is 0 Å². The summed E-state index contributed by atoms with van der Waals surface area (Å²) in [6, 6.07) is 59.1. The first-order valence-electron chi connectivity index (χ1n) is 18.0. The van der Waals surface area contributed by atoms with Crippen LogP contribution in [0.2, 0.25) is 0 Å². The molecule has 252 valence electrons. The quantitative estimate of drug-likeness (QED) is 0.156. The molecule has 0 radical (unpaired) electrons. The maximum atomic E-state index is 6.82. The first-order valence-corrected chi connectivity index (χ1v) is 18.9. The number of fused-ring (bicyclic) bond motifs is 5. The van der Waals surface area contributed by atoms with Crippen LogP contribution in [0.5, 0.6) is 0 Å². The van der Waals surface area contributed by atoms with Crippen LogP contribution in [-0.4, -0.2) is 0 Å². The smallest absolute Gasteiger partial charge is 0.0817 e. The van der Waals surface area contributed by atoms with Crippen LogP contribution < -0.4 is 11.1 Å². The van der Waals surface area contributed by atoms with Crippen molar-refractivity contribution < 1.29 is 0 Å². The minimum Gasteiger partial charge on any atom is -0.312 e.